The Labute approximate surface area is 91.5 Å². The Bertz CT molecular complexity index is 395. The van der Waals surface area contributed by atoms with E-state index in [0.717, 1.165) is 18.4 Å². The molecule has 0 bridgehead atoms. The van der Waals surface area contributed by atoms with Crippen molar-refractivity contribution in [3.8, 4) is 0 Å². The zero-order chi connectivity index (χ0) is 11.2. The molecule has 83 valence electrons. The SMILES string of the molecule is C[Si-](C)(C)c1ccc(F)c2c1CC[C@H]2N. The summed E-state index contributed by atoms with van der Waals surface area (Å²) >= 11 is 0. The first-order chi connectivity index (χ1) is 6.91. The third kappa shape index (κ3) is 1.74. The Morgan fingerprint density at radius 3 is 2.60 bits per heavy atom. The molecular formula is C12H18FNSi-. The summed E-state index contributed by atoms with van der Waals surface area (Å²) in [4.78, 5) is 0. The van der Waals surface area contributed by atoms with Gasteiger partial charge in [0, 0.05) is 11.6 Å². The lowest BCUT2D eigenvalue weighted by Crippen LogP contribution is -2.40. The summed E-state index contributed by atoms with van der Waals surface area (Å²) in [5.74, 6) is -0.114. The fraction of sp³-hybridized carbons (Fsp3) is 0.500. The van der Waals surface area contributed by atoms with E-state index >= 15 is 0 Å². The Morgan fingerprint density at radius 1 is 1.33 bits per heavy atom. The van der Waals surface area contributed by atoms with Crippen molar-refractivity contribution in [2.24, 2.45) is 5.73 Å². The minimum absolute atomic E-state index is 0.0868. The van der Waals surface area contributed by atoms with E-state index in [1.807, 2.05) is 6.07 Å². The fourth-order valence-electron chi connectivity index (χ4n) is 2.45. The van der Waals surface area contributed by atoms with E-state index in [1.54, 1.807) is 6.07 Å². The largest absolute Gasteiger partial charge is 0.324 e. The van der Waals surface area contributed by atoms with Gasteiger partial charge in [-0.25, -0.2) is 4.39 Å². The van der Waals surface area contributed by atoms with Gasteiger partial charge >= 0.3 is 0 Å². The maximum Gasteiger partial charge on any atom is 0.128 e. The molecular weight excluding hydrogens is 205 g/mol. The second-order valence-electron chi connectivity index (χ2n) is 5.38. The van der Waals surface area contributed by atoms with Crippen LogP contribution in [-0.2, 0) is 6.42 Å². The zero-order valence-corrected chi connectivity index (χ0v) is 10.6. The normalized spacial score (nSPS) is 20.5. The summed E-state index contributed by atoms with van der Waals surface area (Å²) in [5.41, 5.74) is 7.93. The van der Waals surface area contributed by atoms with Crippen LogP contribution in [0.5, 0.6) is 0 Å². The first-order valence-electron chi connectivity index (χ1n) is 5.48. The number of benzene rings is 1. The monoisotopic (exact) mass is 223 g/mol. The molecule has 2 rings (SSSR count). The topological polar surface area (TPSA) is 26.0 Å². The molecule has 0 aliphatic heterocycles. The van der Waals surface area contributed by atoms with E-state index in [2.05, 4.69) is 19.6 Å². The highest BCUT2D eigenvalue weighted by Crippen LogP contribution is 2.31. The highest BCUT2D eigenvalue weighted by molar-refractivity contribution is 6.89. The van der Waals surface area contributed by atoms with Gasteiger partial charge in [-0.3, -0.25) is 0 Å². The summed E-state index contributed by atoms with van der Waals surface area (Å²) in [6, 6.07) is 3.48. The molecule has 1 aliphatic carbocycles. The van der Waals surface area contributed by atoms with Crippen LogP contribution in [0.25, 0.3) is 0 Å². The number of halogens is 1. The van der Waals surface area contributed by atoms with Gasteiger partial charge < -0.3 is 5.73 Å². The molecule has 0 saturated heterocycles. The minimum atomic E-state index is -1.36. The molecule has 1 nitrogen and oxygen atoms in total. The average Bonchev–Trinajstić information content (AvgIpc) is 2.47. The Morgan fingerprint density at radius 2 is 2.00 bits per heavy atom. The van der Waals surface area contributed by atoms with E-state index in [0.29, 0.717) is 0 Å². The smallest absolute Gasteiger partial charge is 0.128 e. The Balaban J connectivity index is 2.63. The van der Waals surface area contributed by atoms with E-state index < -0.39 is 8.07 Å². The van der Waals surface area contributed by atoms with Crippen molar-refractivity contribution in [2.75, 3.05) is 0 Å². The molecule has 1 aliphatic rings. The van der Waals surface area contributed by atoms with Gasteiger partial charge in [0.05, 0.1) is 0 Å². The van der Waals surface area contributed by atoms with Crippen molar-refractivity contribution in [3.05, 3.63) is 29.1 Å². The fourth-order valence-corrected chi connectivity index (χ4v) is 4.20. The molecule has 0 radical (unpaired) electrons. The van der Waals surface area contributed by atoms with Crippen LogP contribution in [0.4, 0.5) is 4.39 Å². The van der Waals surface area contributed by atoms with Gasteiger partial charge in [-0.05, 0) is 18.9 Å². The molecule has 15 heavy (non-hydrogen) atoms. The molecule has 0 heterocycles. The predicted molar refractivity (Wildman–Crippen MR) is 64.6 cm³/mol. The lowest BCUT2D eigenvalue weighted by atomic mass is 10.1. The second-order valence-corrected chi connectivity index (χ2v) is 10.4. The van der Waals surface area contributed by atoms with Crippen molar-refractivity contribution in [2.45, 2.75) is 38.5 Å². The van der Waals surface area contributed by atoms with Crippen LogP contribution < -0.4 is 10.9 Å². The summed E-state index contributed by atoms with van der Waals surface area (Å²) in [6.07, 6.45) is 1.85. The minimum Gasteiger partial charge on any atom is -0.324 e. The number of hydrogen-bond acceptors (Lipinski definition) is 1. The highest BCUT2D eigenvalue weighted by Gasteiger charge is 2.25. The zero-order valence-electron chi connectivity index (χ0n) is 9.60. The molecule has 1 aromatic carbocycles. The van der Waals surface area contributed by atoms with Crippen LogP contribution >= 0.6 is 0 Å². The molecule has 1 atom stereocenters. The van der Waals surface area contributed by atoms with Crippen LogP contribution in [0.3, 0.4) is 0 Å². The van der Waals surface area contributed by atoms with Gasteiger partial charge in [-0.15, -0.1) is 8.07 Å². The maximum absolute atomic E-state index is 13.6. The number of rotatable bonds is 1. The van der Waals surface area contributed by atoms with Crippen LogP contribution in [0.1, 0.15) is 23.6 Å². The quantitative estimate of drug-likeness (QED) is 0.727. The molecule has 3 heteroatoms. The van der Waals surface area contributed by atoms with E-state index in [-0.39, 0.29) is 11.9 Å². The Kier molecular flexibility index (Phi) is 2.47. The molecule has 0 spiro atoms. The van der Waals surface area contributed by atoms with Gasteiger partial charge in [0.15, 0.2) is 0 Å². The van der Waals surface area contributed by atoms with Gasteiger partial charge in [-0.1, -0.05) is 11.6 Å². The van der Waals surface area contributed by atoms with E-state index in [9.17, 15) is 4.39 Å². The van der Waals surface area contributed by atoms with Gasteiger partial charge in [0.1, 0.15) is 5.82 Å². The first-order valence-corrected chi connectivity index (χ1v) is 8.98. The third-order valence-electron chi connectivity index (χ3n) is 3.19. The molecule has 0 unspecified atom stereocenters. The molecule has 0 aromatic heterocycles. The van der Waals surface area contributed by atoms with Crippen molar-refractivity contribution >= 4 is 13.3 Å². The van der Waals surface area contributed by atoms with Crippen LogP contribution in [0, 0.1) is 5.82 Å². The van der Waals surface area contributed by atoms with Crippen LogP contribution in [0.15, 0.2) is 12.1 Å². The number of fused-ring (bicyclic) bond motifs is 1. The highest BCUT2D eigenvalue weighted by atomic mass is 28.3. The summed E-state index contributed by atoms with van der Waals surface area (Å²) < 4.78 is 13.6. The van der Waals surface area contributed by atoms with Gasteiger partial charge in [0.25, 0.3) is 0 Å². The molecule has 1 aromatic rings. The van der Waals surface area contributed by atoms with Crippen LogP contribution in [-0.4, -0.2) is 8.07 Å². The molecule has 0 amide bonds. The van der Waals surface area contributed by atoms with E-state index in [1.165, 1.54) is 10.8 Å². The summed E-state index contributed by atoms with van der Waals surface area (Å²) in [5, 5.41) is 1.38. The number of hydrogen-bond donors (Lipinski definition) is 1. The van der Waals surface area contributed by atoms with Crippen molar-refractivity contribution in [1.29, 1.82) is 0 Å². The third-order valence-corrected chi connectivity index (χ3v) is 5.27. The standard InChI is InChI=1S/C12H18FNSi/c1-15(2,3)11-7-5-9(13)12-8(11)4-6-10(12)14/h5,7,10H,4,6,14H2,1-3H3/q-1/t10-/m1/s1. The lowest BCUT2D eigenvalue weighted by Gasteiger charge is -2.32. The van der Waals surface area contributed by atoms with Gasteiger partial charge in [-0.2, -0.15) is 24.8 Å². The van der Waals surface area contributed by atoms with Crippen molar-refractivity contribution < 1.29 is 4.39 Å². The Hall–Kier alpha value is -0.673. The summed E-state index contributed by atoms with van der Waals surface area (Å²) in [7, 11) is -1.36. The van der Waals surface area contributed by atoms with Crippen molar-refractivity contribution in [1.82, 2.24) is 0 Å². The molecule has 0 saturated carbocycles. The average molecular weight is 223 g/mol. The second kappa shape index (κ2) is 3.42. The lowest BCUT2D eigenvalue weighted by molar-refractivity contribution is 0.589. The first kappa shape index (κ1) is 10.8. The van der Waals surface area contributed by atoms with E-state index in [4.69, 9.17) is 5.73 Å². The van der Waals surface area contributed by atoms with Crippen LogP contribution in [0.2, 0.25) is 19.6 Å². The van der Waals surface area contributed by atoms with Gasteiger partial charge in [0.2, 0.25) is 0 Å². The molecule has 2 N–H and O–H groups in total. The van der Waals surface area contributed by atoms with Crippen molar-refractivity contribution in [3.63, 3.8) is 0 Å². The predicted octanol–water partition coefficient (Wildman–Crippen LogP) is 2.32. The number of nitrogens with two attached hydrogens (primary N) is 1. The maximum atomic E-state index is 13.6. The molecule has 0 fully saturated rings. The summed E-state index contributed by atoms with van der Waals surface area (Å²) in [6.45, 7) is 6.89.